The van der Waals surface area contributed by atoms with E-state index in [2.05, 4.69) is 93.9 Å². The number of hydrogen-bond acceptors (Lipinski definition) is 1. The summed E-state index contributed by atoms with van der Waals surface area (Å²) in [6.07, 6.45) is 7.78. The fraction of sp³-hybridized carbons (Fsp3) is 0.0833. The van der Waals surface area contributed by atoms with E-state index >= 15 is 0 Å². The second-order valence-corrected chi connectivity index (χ2v) is 8.71. The SMILES string of the molecule is Ic1ccc2c(c1)c1cc3c(oc4ccccc43)c3c1n2C1=CC=CCC13. The zero-order chi connectivity index (χ0) is 17.7. The van der Waals surface area contributed by atoms with Crippen molar-refractivity contribution in [2.24, 2.45) is 0 Å². The topological polar surface area (TPSA) is 18.1 Å². The van der Waals surface area contributed by atoms with E-state index in [1.807, 2.05) is 0 Å². The first-order valence-electron chi connectivity index (χ1n) is 9.26. The van der Waals surface area contributed by atoms with Gasteiger partial charge >= 0.3 is 0 Å². The Morgan fingerprint density at radius 2 is 1.89 bits per heavy atom. The van der Waals surface area contributed by atoms with Crippen LogP contribution in [-0.2, 0) is 0 Å². The highest BCUT2D eigenvalue weighted by Gasteiger charge is 2.35. The third-order valence-corrected chi connectivity index (χ3v) is 6.80. The standard InChI is InChI=1S/C24H14INO/c25-13-9-10-20-16(11-13)17-12-18-14-5-2-4-8-21(14)27-24(18)22-15-6-1-3-7-19(15)26(20)23(17)22/h1-5,7-12,15H,6H2. The maximum absolute atomic E-state index is 6.42. The van der Waals surface area contributed by atoms with Gasteiger partial charge in [-0.25, -0.2) is 0 Å². The summed E-state index contributed by atoms with van der Waals surface area (Å²) in [7, 11) is 0. The van der Waals surface area contributed by atoms with E-state index in [1.54, 1.807) is 0 Å². The van der Waals surface area contributed by atoms with Crippen LogP contribution in [0, 0.1) is 3.57 Å². The van der Waals surface area contributed by atoms with Crippen LogP contribution in [0.1, 0.15) is 17.9 Å². The molecular formula is C24H14INO. The molecule has 27 heavy (non-hydrogen) atoms. The number of benzene rings is 3. The molecular weight excluding hydrogens is 445 g/mol. The first-order valence-corrected chi connectivity index (χ1v) is 10.3. The van der Waals surface area contributed by atoms with E-state index in [1.165, 1.54) is 47.4 Å². The molecule has 2 nitrogen and oxygen atoms in total. The van der Waals surface area contributed by atoms with Crippen molar-refractivity contribution in [1.82, 2.24) is 4.57 Å². The van der Waals surface area contributed by atoms with Crippen molar-refractivity contribution in [3.8, 4) is 0 Å². The van der Waals surface area contributed by atoms with Gasteiger partial charge in [0.25, 0.3) is 0 Å². The summed E-state index contributed by atoms with van der Waals surface area (Å²) in [5.41, 5.74) is 7.41. The molecule has 3 heteroatoms. The van der Waals surface area contributed by atoms with E-state index in [-0.39, 0.29) is 0 Å². The molecule has 0 radical (unpaired) electrons. The lowest BCUT2D eigenvalue weighted by Crippen LogP contribution is -2.01. The molecule has 1 atom stereocenters. The summed E-state index contributed by atoms with van der Waals surface area (Å²) >= 11 is 2.41. The Hall–Kier alpha value is -2.53. The molecule has 3 heterocycles. The van der Waals surface area contributed by atoms with Crippen LogP contribution >= 0.6 is 22.6 Å². The van der Waals surface area contributed by atoms with Gasteiger partial charge in [0.05, 0.1) is 11.0 Å². The Kier molecular flexibility index (Phi) is 2.60. The Bertz CT molecular complexity index is 1510. The van der Waals surface area contributed by atoms with Crippen LogP contribution in [-0.4, -0.2) is 4.57 Å². The molecule has 0 fully saturated rings. The summed E-state index contributed by atoms with van der Waals surface area (Å²) in [6, 6.07) is 17.5. The van der Waals surface area contributed by atoms with Crippen LogP contribution in [0.25, 0.3) is 49.4 Å². The maximum Gasteiger partial charge on any atom is 0.141 e. The Labute approximate surface area is 168 Å². The number of fused-ring (bicyclic) bond motifs is 10. The zero-order valence-corrected chi connectivity index (χ0v) is 16.5. The smallest absolute Gasteiger partial charge is 0.141 e. The Morgan fingerprint density at radius 3 is 2.85 bits per heavy atom. The van der Waals surface area contributed by atoms with E-state index in [4.69, 9.17) is 4.42 Å². The minimum atomic E-state index is 0.375. The second-order valence-electron chi connectivity index (χ2n) is 7.47. The van der Waals surface area contributed by atoms with Crippen molar-refractivity contribution in [2.75, 3.05) is 0 Å². The van der Waals surface area contributed by atoms with Gasteiger partial charge < -0.3 is 8.98 Å². The minimum Gasteiger partial charge on any atom is -0.456 e. The van der Waals surface area contributed by atoms with Gasteiger partial charge in [-0.2, -0.15) is 0 Å². The first-order chi connectivity index (χ1) is 13.3. The third-order valence-electron chi connectivity index (χ3n) is 6.13. The summed E-state index contributed by atoms with van der Waals surface area (Å²) in [6.45, 7) is 0. The number of rotatable bonds is 0. The van der Waals surface area contributed by atoms with Crippen LogP contribution in [0.5, 0.6) is 0 Å². The summed E-state index contributed by atoms with van der Waals surface area (Å²) in [5.74, 6) is 0.375. The second kappa shape index (κ2) is 4.84. The average Bonchev–Trinajstić information content (AvgIpc) is 3.33. The maximum atomic E-state index is 6.42. The van der Waals surface area contributed by atoms with Crippen molar-refractivity contribution in [3.05, 3.63) is 75.9 Å². The average molecular weight is 459 g/mol. The molecule has 2 aliphatic rings. The molecule has 0 saturated carbocycles. The van der Waals surface area contributed by atoms with E-state index in [0.717, 1.165) is 17.6 Å². The van der Waals surface area contributed by atoms with Gasteiger partial charge in [-0.15, -0.1) is 0 Å². The minimum absolute atomic E-state index is 0.375. The molecule has 7 rings (SSSR count). The third kappa shape index (κ3) is 1.67. The van der Waals surface area contributed by atoms with Gasteiger partial charge in [-0.3, -0.25) is 0 Å². The first kappa shape index (κ1) is 14.5. The van der Waals surface area contributed by atoms with Gasteiger partial charge in [0, 0.05) is 42.3 Å². The van der Waals surface area contributed by atoms with Crippen LogP contribution < -0.4 is 0 Å². The molecule has 1 aliphatic carbocycles. The number of aromatic nitrogens is 1. The largest absolute Gasteiger partial charge is 0.456 e. The number of halogens is 1. The molecule has 3 aromatic carbocycles. The molecule has 5 aromatic rings. The van der Waals surface area contributed by atoms with Crippen molar-refractivity contribution in [3.63, 3.8) is 0 Å². The predicted molar refractivity (Wildman–Crippen MR) is 120 cm³/mol. The summed E-state index contributed by atoms with van der Waals surface area (Å²) in [5, 5.41) is 5.12. The summed E-state index contributed by atoms with van der Waals surface area (Å²) < 4.78 is 10.2. The highest BCUT2D eigenvalue weighted by Crippen LogP contribution is 2.53. The summed E-state index contributed by atoms with van der Waals surface area (Å²) in [4.78, 5) is 0. The molecule has 0 amide bonds. The number of nitrogens with zero attached hydrogens (tertiary/aromatic N) is 1. The van der Waals surface area contributed by atoms with Gasteiger partial charge in [-0.05, 0) is 65.4 Å². The Balaban J connectivity index is 1.81. The molecule has 0 spiro atoms. The molecule has 1 unspecified atom stereocenters. The molecule has 128 valence electrons. The zero-order valence-electron chi connectivity index (χ0n) is 14.4. The molecule has 2 aromatic heterocycles. The van der Waals surface area contributed by atoms with Gasteiger partial charge in [0.2, 0.25) is 0 Å². The highest BCUT2D eigenvalue weighted by atomic mass is 127. The number of hydrogen-bond donors (Lipinski definition) is 0. The van der Waals surface area contributed by atoms with Crippen LogP contribution in [0.4, 0.5) is 0 Å². The lowest BCUT2D eigenvalue weighted by atomic mass is 9.89. The molecule has 0 N–H and O–H groups in total. The molecule has 0 saturated heterocycles. The fourth-order valence-electron chi connectivity index (χ4n) is 5.07. The normalized spacial score (nSPS) is 18.1. The van der Waals surface area contributed by atoms with Crippen LogP contribution in [0.2, 0.25) is 0 Å². The van der Waals surface area contributed by atoms with E-state index in [0.29, 0.717) is 5.92 Å². The van der Waals surface area contributed by atoms with Crippen molar-refractivity contribution < 1.29 is 4.42 Å². The number of allylic oxidation sites excluding steroid dienone is 4. The number of furan rings is 1. The predicted octanol–water partition coefficient (Wildman–Crippen LogP) is 7.20. The lowest BCUT2D eigenvalue weighted by Gasteiger charge is -2.17. The van der Waals surface area contributed by atoms with Crippen molar-refractivity contribution in [1.29, 1.82) is 0 Å². The number of para-hydroxylation sites is 1. The van der Waals surface area contributed by atoms with Crippen molar-refractivity contribution in [2.45, 2.75) is 12.3 Å². The monoisotopic (exact) mass is 459 g/mol. The molecule has 1 aliphatic heterocycles. The van der Waals surface area contributed by atoms with Gasteiger partial charge in [0.15, 0.2) is 0 Å². The fourth-order valence-corrected chi connectivity index (χ4v) is 5.56. The van der Waals surface area contributed by atoms with Crippen LogP contribution in [0.3, 0.4) is 0 Å². The quantitative estimate of drug-likeness (QED) is 0.224. The van der Waals surface area contributed by atoms with Gasteiger partial charge in [0.1, 0.15) is 11.2 Å². The lowest BCUT2D eigenvalue weighted by molar-refractivity contribution is 0.660. The van der Waals surface area contributed by atoms with E-state index < -0.39 is 0 Å². The van der Waals surface area contributed by atoms with Gasteiger partial charge in [-0.1, -0.05) is 30.4 Å². The Morgan fingerprint density at radius 1 is 0.963 bits per heavy atom. The highest BCUT2D eigenvalue weighted by molar-refractivity contribution is 14.1. The van der Waals surface area contributed by atoms with E-state index in [9.17, 15) is 0 Å². The van der Waals surface area contributed by atoms with Crippen LogP contribution in [0.15, 0.2) is 71.2 Å². The van der Waals surface area contributed by atoms with Crippen molar-refractivity contribution >= 4 is 72.0 Å². The molecule has 0 bridgehead atoms.